The summed E-state index contributed by atoms with van der Waals surface area (Å²) in [6.45, 7) is 4.29. The smallest absolute Gasteiger partial charge is 0.378 e. The Kier molecular flexibility index (Phi) is 3.74. The maximum atomic E-state index is 12.5. The predicted molar refractivity (Wildman–Crippen MR) is 71.5 cm³/mol. The number of nitrogens with one attached hydrogen (secondary N) is 1. The van der Waals surface area contributed by atoms with Crippen molar-refractivity contribution in [2.45, 2.75) is 26.6 Å². The summed E-state index contributed by atoms with van der Waals surface area (Å²) in [6.07, 6.45) is -4.29. The van der Waals surface area contributed by atoms with E-state index in [1.807, 2.05) is 20.9 Å². The molecule has 3 nitrogen and oxygen atoms in total. The highest BCUT2D eigenvalue weighted by molar-refractivity contribution is 5.52. The van der Waals surface area contributed by atoms with Gasteiger partial charge in [-0.25, -0.2) is 0 Å². The minimum Gasteiger partial charge on any atom is -0.378 e. The molecule has 0 unspecified atom stereocenters. The van der Waals surface area contributed by atoms with Crippen molar-refractivity contribution in [3.05, 3.63) is 46.8 Å². The summed E-state index contributed by atoms with van der Waals surface area (Å²) < 4.78 is 39.1. The van der Waals surface area contributed by atoms with Gasteiger partial charge in [-0.3, -0.25) is 4.68 Å². The van der Waals surface area contributed by atoms with Crippen LogP contribution in [0, 0.1) is 13.8 Å². The summed E-state index contributed by atoms with van der Waals surface area (Å²) in [5, 5.41) is 7.49. The fourth-order valence-corrected chi connectivity index (χ4v) is 2.03. The van der Waals surface area contributed by atoms with Crippen LogP contribution >= 0.6 is 0 Å². The Bertz CT molecular complexity index is 597. The Labute approximate surface area is 115 Å². The minimum atomic E-state index is -4.29. The molecule has 0 amide bonds. The summed E-state index contributed by atoms with van der Waals surface area (Å²) in [4.78, 5) is 0. The number of hydrogen-bond donors (Lipinski definition) is 1. The van der Waals surface area contributed by atoms with Crippen LogP contribution in [0.15, 0.2) is 24.3 Å². The average molecular weight is 283 g/mol. The fraction of sp³-hybridized carbons (Fsp3) is 0.357. The lowest BCUT2D eigenvalue weighted by Crippen LogP contribution is -2.06. The third kappa shape index (κ3) is 2.95. The van der Waals surface area contributed by atoms with Gasteiger partial charge in [-0.15, -0.1) is 0 Å². The Hall–Kier alpha value is -1.98. The molecule has 108 valence electrons. The SMILES string of the molecule is Cc1nn(C)c(C)c1NCc1ccc(C(F)(F)F)cc1. The Morgan fingerprint density at radius 2 is 1.75 bits per heavy atom. The minimum absolute atomic E-state index is 0.464. The third-order valence-electron chi connectivity index (χ3n) is 3.26. The van der Waals surface area contributed by atoms with Crippen molar-refractivity contribution in [2.75, 3.05) is 5.32 Å². The number of anilines is 1. The molecule has 0 radical (unpaired) electrons. The summed E-state index contributed by atoms with van der Waals surface area (Å²) in [7, 11) is 1.85. The van der Waals surface area contributed by atoms with Gasteiger partial charge in [0.15, 0.2) is 0 Å². The summed E-state index contributed by atoms with van der Waals surface area (Å²) in [5.41, 5.74) is 2.95. The van der Waals surface area contributed by atoms with Crippen LogP contribution in [0.1, 0.15) is 22.5 Å². The standard InChI is InChI=1S/C14H16F3N3/c1-9-13(10(2)20(3)19-9)18-8-11-4-6-12(7-5-11)14(15,16)17/h4-7,18H,8H2,1-3H3. The molecule has 0 aliphatic heterocycles. The molecule has 0 aliphatic rings. The fourth-order valence-electron chi connectivity index (χ4n) is 2.03. The molecular formula is C14H16F3N3. The predicted octanol–water partition coefficient (Wildman–Crippen LogP) is 3.67. The first-order valence-electron chi connectivity index (χ1n) is 6.19. The molecule has 1 heterocycles. The number of halogens is 3. The molecule has 1 N–H and O–H groups in total. The van der Waals surface area contributed by atoms with E-state index in [-0.39, 0.29) is 0 Å². The molecule has 6 heteroatoms. The highest BCUT2D eigenvalue weighted by atomic mass is 19.4. The van der Waals surface area contributed by atoms with Crippen LogP contribution in [-0.2, 0) is 19.8 Å². The van der Waals surface area contributed by atoms with Crippen LogP contribution in [0.4, 0.5) is 18.9 Å². The van der Waals surface area contributed by atoms with Crippen molar-refractivity contribution < 1.29 is 13.2 Å². The largest absolute Gasteiger partial charge is 0.416 e. The number of aromatic nitrogens is 2. The normalized spacial score (nSPS) is 11.7. The van der Waals surface area contributed by atoms with E-state index in [2.05, 4.69) is 10.4 Å². The van der Waals surface area contributed by atoms with Gasteiger partial charge >= 0.3 is 6.18 Å². The maximum Gasteiger partial charge on any atom is 0.416 e. The first-order valence-corrected chi connectivity index (χ1v) is 6.19. The van der Waals surface area contributed by atoms with Crippen LogP contribution in [0.3, 0.4) is 0 Å². The topological polar surface area (TPSA) is 29.9 Å². The molecule has 0 aliphatic carbocycles. The first kappa shape index (κ1) is 14.4. The van der Waals surface area contributed by atoms with E-state index in [0.717, 1.165) is 34.8 Å². The second kappa shape index (κ2) is 5.19. The Morgan fingerprint density at radius 1 is 1.15 bits per heavy atom. The molecular weight excluding hydrogens is 267 g/mol. The molecule has 0 saturated heterocycles. The summed E-state index contributed by atoms with van der Waals surface area (Å²) >= 11 is 0. The molecule has 0 fully saturated rings. The highest BCUT2D eigenvalue weighted by Crippen LogP contribution is 2.29. The van der Waals surface area contributed by atoms with E-state index in [1.54, 1.807) is 4.68 Å². The van der Waals surface area contributed by atoms with Crippen LogP contribution in [0.5, 0.6) is 0 Å². The third-order valence-corrected chi connectivity index (χ3v) is 3.26. The van der Waals surface area contributed by atoms with E-state index in [0.29, 0.717) is 6.54 Å². The van der Waals surface area contributed by atoms with Gasteiger partial charge in [-0.1, -0.05) is 12.1 Å². The van der Waals surface area contributed by atoms with E-state index in [4.69, 9.17) is 0 Å². The molecule has 0 spiro atoms. The lowest BCUT2D eigenvalue weighted by Gasteiger charge is -2.09. The number of aryl methyl sites for hydroxylation is 2. The Morgan fingerprint density at radius 3 is 2.20 bits per heavy atom. The van der Waals surface area contributed by atoms with Crippen molar-refractivity contribution in [2.24, 2.45) is 7.05 Å². The molecule has 1 aromatic carbocycles. The summed E-state index contributed by atoms with van der Waals surface area (Å²) in [5.74, 6) is 0. The highest BCUT2D eigenvalue weighted by Gasteiger charge is 2.29. The van der Waals surface area contributed by atoms with Gasteiger partial charge in [0.25, 0.3) is 0 Å². The lowest BCUT2D eigenvalue weighted by atomic mass is 10.1. The first-order chi connectivity index (χ1) is 9.29. The number of rotatable bonds is 3. The van der Waals surface area contributed by atoms with Crippen LogP contribution in [-0.4, -0.2) is 9.78 Å². The maximum absolute atomic E-state index is 12.5. The Balaban J connectivity index is 2.08. The summed E-state index contributed by atoms with van der Waals surface area (Å²) in [6, 6.07) is 5.16. The zero-order valence-corrected chi connectivity index (χ0v) is 11.5. The van der Waals surface area contributed by atoms with Gasteiger partial charge in [0.1, 0.15) is 0 Å². The van der Waals surface area contributed by atoms with Crippen molar-refractivity contribution in [3.8, 4) is 0 Å². The van der Waals surface area contributed by atoms with Crippen LogP contribution in [0.2, 0.25) is 0 Å². The second-order valence-electron chi connectivity index (χ2n) is 4.72. The van der Waals surface area contributed by atoms with Crippen molar-refractivity contribution in [1.82, 2.24) is 9.78 Å². The monoisotopic (exact) mass is 283 g/mol. The lowest BCUT2D eigenvalue weighted by molar-refractivity contribution is -0.137. The zero-order chi connectivity index (χ0) is 14.9. The van der Waals surface area contributed by atoms with Gasteiger partial charge < -0.3 is 5.32 Å². The van der Waals surface area contributed by atoms with Gasteiger partial charge in [-0.05, 0) is 31.5 Å². The van der Waals surface area contributed by atoms with E-state index in [9.17, 15) is 13.2 Å². The van der Waals surface area contributed by atoms with E-state index < -0.39 is 11.7 Å². The van der Waals surface area contributed by atoms with Crippen molar-refractivity contribution in [3.63, 3.8) is 0 Å². The van der Waals surface area contributed by atoms with E-state index >= 15 is 0 Å². The van der Waals surface area contributed by atoms with Crippen molar-refractivity contribution >= 4 is 5.69 Å². The number of hydrogen-bond acceptors (Lipinski definition) is 2. The molecule has 1 aromatic heterocycles. The van der Waals surface area contributed by atoms with Gasteiger partial charge in [0, 0.05) is 13.6 Å². The van der Waals surface area contributed by atoms with E-state index in [1.165, 1.54) is 12.1 Å². The molecule has 2 rings (SSSR count). The zero-order valence-electron chi connectivity index (χ0n) is 11.5. The van der Waals surface area contributed by atoms with Gasteiger partial charge in [0.05, 0.1) is 22.6 Å². The number of benzene rings is 1. The van der Waals surface area contributed by atoms with Crippen molar-refractivity contribution in [1.29, 1.82) is 0 Å². The molecule has 0 atom stereocenters. The van der Waals surface area contributed by atoms with Gasteiger partial charge in [0.2, 0.25) is 0 Å². The average Bonchev–Trinajstić information content (AvgIpc) is 2.61. The van der Waals surface area contributed by atoms with Crippen LogP contribution in [0.25, 0.3) is 0 Å². The number of nitrogens with zero attached hydrogens (tertiary/aromatic N) is 2. The number of alkyl halides is 3. The molecule has 0 bridgehead atoms. The van der Waals surface area contributed by atoms with Gasteiger partial charge in [-0.2, -0.15) is 18.3 Å². The second-order valence-corrected chi connectivity index (χ2v) is 4.72. The molecule has 2 aromatic rings. The quantitative estimate of drug-likeness (QED) is 0.931. The molecule has 20 heavy (non-hydrogen) atoms. The van der Waals surface area contributed by atoms with Crippen LogP contribution < -0.4 is 5.32 Å². The molecule has 0 saturated carbocycles.